The van der Waals surface area contributed by atoms with E-state index in [0.717, 1.165) is 0 Å². The molecule has 0 aromatic heterocycles. The minimum absolute atomic E-state index is 0.498. The predicted molar refractivity (Wildman–Crippen MR) is 105 cm³/mol. The van der Waals surface area contributed by atoms with Gasteiger partial charge in [0.05, 0.1) is 31.9 Å². The molecular formula is C18H34N2O14. The van der Waals surface area contributed by atoms with Gasteiger partial charge in [-0.15, -0.1) is 0 Å². The summed E-state index contributed by atoms with van der Waals surface area (Å²) in [6.07, 6.45) is -19.5. The lowest BCUT2D eigenvalue weighted by molar-refractivity contribution is -0.346. The lowest BCUT2D eigenvalue weighted by Gasteiger charge is -2.46. The molecule has 0 bridgehead atoms. The van der Waals surface area contributed by atoms with Crippen LogP contribution in [0.25, 0.3) is 0 Å². The number of hydrogen-bond acceptors (Lipinski definition) is 16. The van der Waals surface area contributed by atoms with E-state index in [-0.39, 0.29) is 0 Å². The SMILES string of the molecule is N[C@H]1[C@H](OC[C@H]2OC(O)[C@@H](O)[C@@H](O[C@@H]3O[C@H](CO)[C@@H](O)[C@H](O)[C@H]3N)[C@@H]2O)O[C@H](CO)[C@@H](O)[C@@H]1O. The van der Waals surface area contributed by atoms with Gasteiger partial charge in [-0.1, -0.05) is 0 Å². The second-order valence-corrected chi connectivity index (χ2v) is 8.55. The fourth-order valence-electron chi connectivity index (χ4n) is 4.04. The van der Waals surface area contributed by atoms with Gasteiger partial charge in [0.15, 0.2) is 18.9 Å². The first-order valence-corrected chi connectivity index (χ1v) is 10.7. The van der Waals surface area contributed by atoms with Crippen molar-refractivity contribution in [2.24, 2.45) is 11.5 Å². The predicted octanol–water partition coefficient (Wildman–Crippen LogP) is -7.64. The van der Waals surface area contributed by atoms with E-state index in [1.807, 2.05) is 0 Å². The van der Waals surface area contributed by atoms with Crippen molar-refractivity contribution in [1.29, 1.82) is 0 Å². The van der Waals surface area contributed by atoms with Crippen LogP contribution in [0.15, 0.2) is 0 Å². The Morgan fingerprint density at radius 1 is 0.588 bits per heavy atom. The zero-order valence-corrected chi connectivity index (χ0v) is 18.0. The highest BCUT2D eigenvalue weighted by Gasteiger charge is 2.50. The molecule has 1 unspecified atom stereocenters. The number of rotatable bonds is 7. The highest BCUT2D eigenvalue weighted by atomic mass is 16.7. The third-order valence-electron chi connectivity index (χ3n) is 6.23. The maximum absolute atomic E-state index is 10.7. The first-order valence-electron chi connectivity index (χ1n) is 10.7. The van der Waals surface area contributed by atoms with Crippen LogP contribution in [-0.4, -0.2) is 158 Å². The summed E-state index contributed by atoms with van der Waals surface area (Å²) in [4.78, 5) is 0. The lowest BCUT2D eigenvalue weighted by atomic mass is 9.96. The Morgan fingerprint density at radius 3 is 1.62 bits per heavy atom. The van der Waals surface area contributed by atoms with Crippen LogP contribution in [0.2, 0.25) is 0 Å². The van der Waals surface area contributed by atoms with E-state index in [1.165, 1.54) is 0 Å². The van der Waals surface area contributed by atoms with Crippen molar-refractivity contribution in [3.63, 3.8) is 0 Å². The van der Waals surface area contributed by atoms with Gasteiger partial charge in [-0.3, -0.25) is 0 Å². The Kier molecular flexibility index (Phi) is 9.54. The molecule has 3 fully saturated rings. The largest absolute Gasteiger partial charge is 0.394 e. The third-order valence-corrected chi connectivity index (χ3v) is 6.23. The number of hydrogen-bond donors (Lipinski definition) is 11. The van der Waals surface area contributed by atoms with Crippen molar-refractivity contribution in [3.8, 4) is 0 Å². The summed E-state index contributed by atoms with van der Waals surface area (Å²) in [5.74, 6) is 0. The van der Waals surface area contributed by atoms with Crippen LogP contribution < -0.4 is 11.5 Å². The van der Waals surface area contributed by atoms with Gasteiger partial charge < -0.3 is 81.1 Å². The molecule has 0 amide bonds. The smallest absolute Gasteiger partial charge is 0.184 e. The van der Waals surface area contributed by atoms with Crippen LogP contribution in [0, 0.1) is 0 Å². The molecule has 3 heterocycles. The molecule has 0 saturated carbocycles. The van der Waals surface area contributed by atoms with Crippen molar-refractivity contribution in [3.05, 3.63) is 0 Å². The Morgan fingerprint density at radius 2 is 1.09 bits per heavy atom. The number of ether oxygens (including phenoxy) is 5. The molecule has 3 rings (SSSR count). The number of aliphatic hydroxyl groups excluding tert-OH is 9. The van der Waals surface area contributed by atoms with Crippen molar-refractivity contribution in [2.45, 2.75) is 92.0 Å². The maximum atomic E-state index is 10.7. The first kappa shape index (κ1) is 27.9. The molecule has 200 valence electrons. The van der Waals surface area contributed by atoms with Gasteiger partial charge in [0, 0.05) is 0 Å². The summed E-state index contributed by atoms with van der Waals surface area (Å²) in [5.41, 5.74) is 11.6. The number of nitrogens with two attached hydrogens (primary N) is 2. The zero-order chi connectivity index (χ0) is 25.3. The van der Waals surface area contributed by atoms with Crippen LogP contribution in [0.5, 0.6) is 0 Å². The molecule has 0 radical (unpaired) electrons. The fourth-order valence-corrected chi connectivity index (χ4v) is 4.04. The van der Waals surface area contributed by atoms with E-state index >= 15 is 0 Å². The second kappa shape index (κ2) is 11.6. The molecule has 3 aliphatic rings. The Bertz CT molecular complexity index is 646. The monoisotopic (exact) mass is 502 g/mol. The minimum atomic E-state index is -1.86. The molecule has 0 spiro atoms. The Labute approximate surface area is 193 Å². The zero-order valence-electron chi connectivity index (χ0n) is 18.0. The van der Waals surface area contributed by atoms with Crippen molar-refractivity contribution in [2.75, 3.05) is 19.8 Å². The summed E-state index contributed by atoms with van der Waals surface area (Å²) in [7, 11) is 0. The first-order chi connectivity index (χ1) is 16.0. The van der Waals surface area contributed by atoms with E-state index in [0.29, 0.717) is 0 Å². The van der Waals surface area contributed by atoms with Gasteiger partial charge >= 0.3 is 0 Å². The lowest BCUT2D eigenvalue weighted by Crippen LogP contribution is -2.66. The summed E-state index contributed by atoms with van der Waals surface area (Å²) in [6, 6.07) is -2.55. The van der Waals surface area contributed by atoms with Crippen LogP contribution in [0.1, 0.15) is 0 Å². The highest BCUT2D eigenvalue weighted by molar-refractivity contribution is 4.96. The van der Waals surface area contributed by atoms with E-state index in [1.54, 1.807) is 0 Å². The summed E-state index contributed by atoms with van der Waals surface area (Å²) in [6.45, 7) is -1.81. The van der Waals surface area contributed by atoms with E-state index < -0.39 is 112 Å². The van der Waals surface area contributed by atoms with Gasteiger partial charge in [0.1, 0.15) is 61.0 Å². The summed E-state index contributed by atoms with van der Waals surface area (Å²) in [5, 5.41) is 89.5. The maximum Gasteiger partial charge on any atom is 0.184 e. The van der Waals surface area contributed by atoms with Crippen LogP contribution in [0.4, 0.5) is 0 Å². The molecule has 34 heavy (non-hydrogen) atoms. The summed E-state index contributed by atoms with van der Waals surface area (Å²) >= 11 is 0. The third kappa shape index (κ3) is 5.52. The average Bonchev–Trinajstić information content (AvgIpc) is 2.82. The molecule has 13 N–H and O–H groups in total. The van der Waals surface area contributed by atoms with Gasteiger partial charge in [0.2, 0.25) is 0 Å². The minimum Gasteiger partial charge on any atom is -0.394 e. The second-order valence-electron chi connectivity index (χ2n) is 8.55. The van der Waals surface area contributed by atoms with Gasteiger partial charge in [0.25, 0.3) is 0 Å². The molecule has 16 heteroatoms. The molecular weight excluding hydrogens is 468 g/mol. The van der Waals surface area contributed by atoms with E-state index in [9.17, 15) is 46.0 Å². The Balaban J connectivity index is 1.65. The average molecular weight is 502 g/mol. The van der Waals surface area contributed by atoms with E-state index in [4.69, 9.17) is 35.2 Å². The standard InChI is InChI=1S/C18H34N2O14/c19-7-12(26)9(23)4(1-21)32-17(7)30-3-6-11(25)15(14(28)16(29)31-6)34-18-8(20)13(27)10(24)5(2-22)33-18/h4-18,21-29H,1-3,19-20H2/t4-,5-,6-,7-,8-,9-,10-,11-,12-,13-,14+,15+,16?,17-,18+/m1/s1. The topological polar surface area (TPSA) is 280 Å². The molecule has 3 saturated heterocycles. The van der Waals surface area contributed by atoms with Gasteiger partial charge in [-0.25, -0.2) is 0 Å². The Hall–Kier alpha value is -0.640. The van der Waals surface area contributed by atoms with Crippen LogP contribution in [0.3, 0.4) is 0 Å². The molecule has 0 aromatic carbocycles. The quantitative estimate of drug-likeness (QED) is 0.154. The molecule has 16 nitrogen and oxygen atoms in total. The number of aliphatic hydroxyl groups is 9. The molecule has 0 aliphatic carbocycles. The normalized spacial score (nSPS) is 52.5. The highest BCUT2D eigenvalue weighted by Crippen LogP contribution is 2.29. The van der Waals surface area contributed by atoms with Crippen molar-refractivity contribution >= 4 is 0 Å². The van der Waals surface area contributed by atoms with E-state index in [2.05, 4.69) is 0 Å². The summed E-state index contributed by atoms with van der Waals surface area (Å²) < 4.78 is 26.7. The van der Waals surface area contributed by atoms with Gasteiger partial charge in [-0.2, -0.15) is 0 Å². The molecule has 15 atom stereocenters. The van der Waals surface area contributed by atoms with Gasteiger partial charge in [-0.05, 0) is 0 Å². The fraction of sp³-hybridized carbons (Fsp3) is 1.00. The molecule has 3 aliphatic heterocycles. The van der Waals surface area contributed by atoms with Crippen molar-refractivity contribution in [1.82, 2.24) is 0 Å². The molecule has 0 aromatic rings. The van der Waals surface area contributed by atoms with Crippen LogP contribution in [-0.2, 0) is 23.7 Å². The van der Waals surface area contributed by atoms with Crippen molar-refractivity contribution < 1.29 is 69.6 Å². The van der Waals surface area contributed by atoms with Crippen LogP contribution >= 0.6 is 0 Å².